The molecule has 1 saturated heterocycles. The first-order valence-electron chi connectivity index (χ1n) is 8.28. The lowest BCUT2D eigenvalue weighted by atomic mass is 10.1. The van der Waals surface area contributed by atoms with Gasteiger partial charge < -0.3 is 10.0 Å². The molecular weight excluding hydrogens is 356 g/mol. The van der Waals surface area contributed by atoms with E-state index in [1.54, 1.807) is 0 Å². The largest absolute Gasteiger partial charge is 0.481 e. The van der Waals surface area contributed by atoms with Crippen LogP contribution in [0.5, 0.6) is 0 Å². The van der Waals surface area contributed by atoms with Crippen LogP contribution in [0.1, 0.15) is 32.3 Å². The third-order valence-corrected chi connectivity index (χ3v) is 5.34. The first-order chi connectivity index (χ1) is 12.0. The average molecular weight is 379 g/mol. The van der Waals surface area contributed by atoms with E-state index in [4.69, 9.17) is 17.3 Å². The van der Waals surface area contributed by atoms with Crippen LogP contribution in [0, 0.1) is 0 Å². The fraction of sp³-hybridized carbons (Fsp3) is 0.389. The van der Waals surface area contributed by atoms with Gasteiger partial charge in [0.25, 0.3) is 5.91 Å². The van der Waals surface area contributed by atoms with E-state index in [2.05, 4.69) is 18.7 Å². The standard InChI is InChI=1S/C18H22N2O3S2/c1-3-19(4-2)14-9-7-13(8-10-14)12-15-17(23)20(18(24)25-15)11-5-6-16(21)22/h7-10,12H,3-6,11H2,1-2H3,(H,21,22)/b15-12-. The second kappa shape index (κ2) is 9.01. The highest BCUT2D eigenvalue weighted by Gasteiger charge is 2.31. The Morgan fingerprint density at radius 2 is 1.92 bits per heavy atom. The molecule has 0 atom stereocenters. The van der Waals surface area contributed by atoms with Crippen molar-refractivity contribution in [2.24, 2.45) is 0 Å². The summed E-state index contributed by atoms with van der Waals surface area (Å²) < 4.78 is 0.487. The minimum atomic E-state index is -0.866. The van der Waals surface area contributed by atoms with E-state index < -0.39 is 5.97 Å². The highest BCUT2D eigenvalue weighted by molar-refractivity contribution is 8.26. The maximum absolute atomic E-state index is 12.5. The van der Waals surface area contributed by atoms with Gasteiger partial charge in [-0.2, -0.15) is 0 Å². The van der Waals surface area contributed by atoms with Crippen LogP contribution in [-0.2, 0) is 9.59 Å². The lowest BCUT2D eigenvalue weighted by Gasteiger charge is -2.20. The lowest BCUT2D eigenvalue weighted by molar-refractivity contribution is -0.137. The predicted octanol–water partition coefficient (Wildman–Crippen LogP) is 3.60. The number of nitrogens with zero attached hydrogens (tertiary/aromatic N) is 2. The summed E-state index contributed by atoms with van der Waals surface area (Å²) in [6.07, 6.45) is 2.26. The van der Waals surface area contributed by atoms with Crippen molar-refractivity contribution in [1.82, 2.24) is 4.90 Å². The van der Waals surface area contributed by atoms with Crippen molar-refractivity contribution in [3.63, 3.8) is 0 Å². The molecule has 1 aliphatic rings. The van der Waals surface area contributed by atoms with E-state index in [9.17, 15) is 9.59 Å². The molecule has 1 heterocycles. The third-order valence-electron chi connectivity index (χ3n) is 3.97. The second-order valence-corrected chi connectivity index (χ2v) is 7.27. The van der Waals surface area contributed by atoms with E-state index >= 15 is 0 Å². The highest BCUT2D eigenvalue weighted by atomic mass is 32.2. The van der Waals surface area contributed by atoms with Crippen molar-refractivity contribution in [1.29, 1.82) is 0 Å². The summed E-state index contributed by atoms with van der Waals surface area (Å²) >= 11 is 6.52. The molecule has 25 heavy (non-hydrogen) atoms. The first kappa shape index (κ1) is 19.5. The molecule has 1 amide bonds. The molecule has 1 aromatic rings. The Balaban J connectivity index is 2.07. The molecule has 7 heteroatoms. The molecule has 0 radical (unpaired) electrons. The normalized spacial score (nSPS) is 15.9. The molecular formula is C18H22N2O3S2. The fourth-order valence-electron chi connectivity index (χ4n) is 2.60. The van der Waals surface area contributed by atoms with Crippen LogP contribution in [0.2, 0.25) is 0 Å². The number of thiocarbonyl (C=S) groups is 1. The van der Waals surface area contributed by atoms with Crippen LogP contribution >= 0.6 is 24.0 Å². The van der Waals surface area contributed by atoms with Gasteiger partial charge in [-0.05, 0) is 44.0 Å². The van der Waals surface area contributed by atoms with Crippen molar-refractivity contribution < 1.29 is 14.7 Å². The van der Waals surface area contributed by atoms with Crippen LogP contribution in [0.15, 0.2) is 29.2 Å². The van der Waals surface area contributed by atoms with Gasteiger partial charge in [0.15, 0.2) is 0 Å². The zero-order valence-electron chi connectivity index (χ0n) is 14.4. The average Bonchev–Trinajstić information content (AvgIpc) is 2.84. The molecule has 0 bridgehead atoms. The zero-order valence-corrected chi connectivity index (χ0v) is 16.0. The van der Waals surface area contributed by atoms with Crippen molar-refractivity contribution in [2.45, 2.75) is 26.7 Å². The number of thioether (sulfide) groups is 1. The molecule has 1 fully saturated rings. The van der Waals surface area contributed by atoms with Gasteiger partial charge in [-0.1, -0.05) is 36.1 Å². The molecule has 1 aromatic carbocycles. The summed E-state index contributed by atoms with van der Waals surface area (Å²) in [5.74, 6) is -1.01. The topological polar surface area (TPSA) is 60.9 Å². The van der Waals surface area contributed by atoms with Gasteiger partial charge in [-0.3, -0.25) is 14.5 Å². The Hall–Kier alpha value is -1.86. The smallest absolute Gasteiger partial charge is 0.303 e. The van der Waals surface area contributed by atoms with Crippen LogP contribution in [-0.4, -0.2) is 45.8 Å². The van der Waals surface area contributed by atoms with E-state index in [-0.39, 0.29) is 12.3 Å². The van der Waals surface area contributed by atoms with E-state index in [1.807, 2.05) is 30.3 Å². The van der Waals surface area contributed by atoms with Gasteiger partial charge in [-0.15, -0.1) is 0 Å². The quantitative estimate of drug-likeness (QED) is 0.551. The molecule has 5 nitrogen and oxygen atoms in total. The maximum atomic E-state index is 12.5. The molecule has 134 valence electrons. The van der Waals surface area contributed by atoms with E-state index in [1.165, 1.54) is 16.7 Å². The minimum absolute atomic E-state index is 0.0307. The number of aliphatic carboxylic acids is 1. The first-order valence-corrected chi connectivity index (χ1v) is 9.50. The summed E-state index contributed by atoms with van der Waals surface area (Å²) in [6.45, 7) is 6.48. The lowest BCUT2D eigenvalue weighted by Crippen LogP contribution is -2.29. The zero-order chi connectivity index (χ0) is 18.4. The Bertz CT molecular complexity index is 682. The number of hydrogen-bond acceptors (Lipinski definition) is 5. The molecule has 2 rings (SSSR count). The van der Waals surface area contributed by atoms with Crippen molar-refractivity contribution in [3.8, 4) is 0 Å². The van der Waals surface area contributed by atoms with Crippen LogP contribution in [0.25, 0.3) is 6.08 Å². The van der Waals surface area contributed by atoms with Gasteiger partial charge in [0, 0.05) is 31.7 Å². The SMILES string of the molecule is CCN(CC)c1ccc(/C=C2\SC(=S)N(CCCC(=O)O)C2=O)cc1. The Morgan fingerprint density at radius 3 is 2.48 bits per heavy atom. The molecule has 0 spiro atoms. The van der Waals surface area contributed by atoms with E-state index in [0.717, 1.165) is 24.3 Å². The Morgan fingerprint density at radius 1 is 1.28 bits per heavy atom. The van der Waals surface area contributed by atoms with E-state index in [0.29, 0.717) is 22.2 Å². The number of amides is 1. The third kappa shape index (κ3) is 5.06. The minimum Gasteiger partial charge on any atom is -0.481 e. The number of anilines is 1. The van der Waals surface area contributed by atoms with Gasteiger partial charge >= 0.3 is 5.97 Å². The number of carbonyl (C=O) groups is 2. The summed E-state index contributed by atoms with van der Waals surface area (Å²) in [5.41, 5.74) is 2.10. The van der Waals surface area contributed by atoms with Gasteiger partial charge in [0.1, 0.15) is 4.32 Å². The Labute approximate surface area is 157 Å². The van der Waals surface area contributed by atoms with Crippen molar-refractivity contribution >= 4 is 51.9 Å². The number of benzene rings is 1. The second-order valence-electron chi connectivity index (χ2n) is 5.59. The molecule has 0 aromatic heterocycles. The van der Waals surface area contributed by atoms with Gasteiger partial charge in [0.05, 0.1) is 4.91 Å². The summed E-state index contributed by atoms with van der Waals surface area (Å²) in [5, 5.41) is 8.71. The van der Waals surface area contributed by atoms with Crippen LogP contribution < -0.4 is 4.90 Å². The highest BCUT2D eigenvalue weighted by Crippen LogP contribution is 2.33. The predicted molar refractivity (Wildman–Crippen MR) is 107 cm³/mol. The van der Waals surface area contributed by atoms with Crippen molar-refractivity contribution in [2.75, 3.05) is 24.5 Å². The number of carboxylic acid groups (broad SMARTS) is 1. The monoisotopic (exact) mass is 378 g/mol. The van der Waals surface area contributed by atoms with Gasteiger partial charge in [-0.25, -0.2) is 0 Å². The van der Waals surface area contributed by atoms with Crippen molar-refractivity contribution in [3.05, 3.63) is 34.7 Å². The summed E-state index contributed by atoms with van der Waals surface area (Å²) in [7, 11) is 0. The maximum Gasteiger partial charge on any atom is 0.303 e. The number of carboxylic acids is 1. The van der Waals surface area contributed by atoms with Crippen LogP contribution in [0.4, 0.5) is 5.69 Å². The molecule has 1 N–H and O–H groups in total. The molecule has 0 unspecified atom stereocenters. The van der Waals surface area contributed by atoms with Crippen LogP contribution in [0.3, 0.4) is 0 Å². The molecule has 0 saturated carbocycles. The molecule has 0 aliphatic carbocycles. The summed E-state index contributed by atoms with van der Waals surface area (Å²) in [4.78, 5) is 27.4. The molecule has 1 aliphatic heterocycles. The summed E-state index contributed by atoms with van der Waals surface area (Å²) in [6, 6.07) is 8.08. The number of rotatable bonds is 8. The number of carbonyl (C=O) groups excluding carboxylic acids is 1. The number of hydrogen-bond donors (Lipinski definition) is 1. The fourth-order valence-corrected chi connectivity index (χ4v) is 3.91. The van der Waals surface area contributed by atoms with Gasteiger partial charge in [0.2, 0.25) is 0 Å². The Kier molecular flexibility index (Phi) is 7.01.